The summed E-state index contributed by atoms with van der Waals surface area (Å²) in [6, 6.07) is 13.4. The number of carbonyl (C=O) groups excluding carboxylic acids is 1. The van der Waals surface area contributed by atoms with Gasteiger partial charge in [-0.15, -0.1) is 6.42 Å². The second-order valence-corrected chi connectivity index (χ2v) is 10.2. The predicted octanol–water partition coefficient (Wildman–Crippen LogP) is 1.87. The van der Waals surface area contributed by atoms with E-state index in [4.69, 9.17) is 25.4 Å². The van der Waals surface area contributed by atoms with E-state index in [0.29, 0.717) is 17.9 Å². The van der Waals surface area contributed by atoms with E-state index in [1.807, 2.05) is 24.3 Å². The average Bonchev–Trinajstić information content (AvgIpc) is 2.95. The standard InChI is InChI=1S/C27H32N2O8S/c1-4-13-28-27(31)25-18-21(20-5-7-22(34-2)8-6-20)19-26(37-25)36-17-15-29(14-16-30)38(32,33)24-11-9-23(35-3)10-12-24/h1,5-12,18,21,26,30H,13-17,19H2,2-3H3,(H,28,31)/t21-,26+/m0/s1. The minimum atomic E-state index is -3.90. The molecule has 2 aromatic carbocycles. The highest BCUT2D eigenvalue weighted by Gasteiger charge is 2.30. The highest BCUT2D eigenvalue weighted by Crippen LogP contribution is 2.32. The van der Waals surface area contributed by atoms with Crippen molar-refractivity contribution in [1.82, 2.24) is 9.62 Å². The zero-order valence-corrected chi connectivity index (χ0v) is 22.1. The van der Waals surface area contributed by atoms with Crippen LogP contribution in [0.15, 0.2) is 65.3 Å². The number of benzene rings is 2. The lowest BCUT2D eigenvalue weighted by molar-refractivity contribution is -0.146. The van der Waals surface area contributed by atoms with Crippen LogP contribution in [0, 0.1) is 12.3 Å². The van der Waals surface area contributed by atoms with Crippen molar-refractivity contribution in [3.8, 4) is 23.8 Å². The van der Waals surface area contributed by atoms with Crippen molar-refractivity contribution >= 4 is 15.9 Å². The van der Waals surface area contributed by atoms with E-state index in [0.717, 1.165) is 9.87 Å². The summed E-state index contributed by atoms with van der Waals surface area (Å²) < 4.78 is 49.4. The minimum absolute atomic E-state index is 0.0331. The van der Waals surface area contributed by atoms with Gasteiger partial charge < -0.3 is 29.4 Å². The second kappa shape index (κ2) is 13.8. The Bertz CT molecular complexity index is 1240. The Morgan fingerprint density at radius 1 is 1.11 bits per heavy atom. The average molecular weight is 545 g/mol. The number of methoxy groups -OCH3 is 2. The number of terminal acetylenes is 1. The maximum Gasteiger partial charge on any atom is 0.286 e. The van der Waals surface area contributed by atoms with Gasteiger partial charge in [-0.05, 0) is 48.0 Å². The molecule has 2 atom stereocenters. The molecule has 1 amide bonds. The van der Waals surface area contributed by atoms with Crippen LogP contribution in [0.3, 0.4) is 0 Å². The fraction of sp³-hybridized carbons (Fsp3) is 0.370. The van der Waals surface area contributed by atoms with Gasteiger partial charge in [-0.3, -0.25) is 4.79 Å². The van der Waals surface area contributed by atoms with E-state index in [1.165, 1.54) is 19.2 Å². The molecule has 0 fully saturated rings. The zero-order valence-electron chi connectivity index (χ0n) is 21.3. The summed E-state index contributed by atoms with van der Waals surface area (Å²) in [5.74, 6) is 2.96. The summed E-state index contributed by atoms with van der Waals surface area (Å²) in [4.78, 5) is 12.6. The van der Waals surface area contributed by atoms with Crippen molar-refractivity contribution in [2.24, 2.45) is 0 Å². The van der Waals surface area contributed by atoms with Gasteiger partial charge in [0.1, 0.15) is 11.5 Å². The highest BCUT2D eigenvalue weighted by molar-refractivity contribution is 7.89. The summed E-state index contributed by atoms with van der Waals surface area (Å²) >= 11 is 0. The largest absolute Gasteiger partial charge is 0.497 e. The Hall–Kier alpha value is -3.56. The summed E-state index contributed by atoms with van der Waals surface area (Å²) in [6.45, 7) is -0.509. The number of allylic oxidation sites excluding steroid dienone is 1. The van der Waals surface area contributed by atoms with Gasteiger partial charge >= 0.3 is 0 Å². The lowest BCUT2D eigenvalue weighted by atomic mass is 9.93. The number of carbonyl (C=O) groups is 1. The van der Waals surface area contributed by atoms with E-state index in [1.54, 1.807) is 25.3 Å². The van der Waals surface area contributed by atoms with Gasteiger partial charge in [0.25, 0.3) is 5.91 Å². The zero-order chi connectivity index (χ0) is 27.5. The molecule has 1 aliphatic heterocycles. The summed E-state index contributed by atoms with van der Waals surface area (Å²) in [5.41, 5.74) is 0.925. The third-order valence-electron chi connectivity index (χ3n) is 5.87. The van der Waals surface area contributed by atoms with E-state index in [2.05, 4.69) is 11.2 Å². The second-order valence-electron chi connectivity index (χ2n) is 8.25. The van der Waals surface area contributed by atoms with Crippen molar-refractivity contribution in [2.45, 2.75) is 23.5 Å². The van der Waals surface area contributed by atoms with Crippen LogP contribution in [0.2, 0.25) is 0 Å². The summed E-state index contributed by atoms with van der Waals surface area (Å²) in [7, 11) is -0.825. The van der Waals surface area contributed by atoms with E-state index < -0.39 is 22.2 Å². The third-order valence-corrected chi connectivity index (χ3v) is 7.78. The number of amides is 1. The van der Waals surface area contributed by atoms with Crippen LogP contribution in [0.25, 0.3) is 0 Å². The number of rotatable bonds is 13. The van der Waals surface area contributed by atoms with Crippen LogP contribution in [0.5, 0.6) is 11.5 Å². The summed E-state index contributed by atoms with van der Waals surface area (Å²) in [5, 5.41) is 12.1. The smallest absolute Gasteiger partial charge is 0.286 e. The normalized spacial score (nSPS) is 17.2. The highest BCUT2D eigenvalue weighted by atomic mass is 32.2. The lowest BCUT2D eigenvalue weighted by Gasteiger charge is -2.30. The van der Waals surface area contributed by atoms with Gasteiger partial charge in [-0.25, -0.2) is 8.42 Å². The number of nitrogens with one attached hydrogen (secondary N) is 1. The Labute approximate surface area is 223 Å². The van der Waals surface area contributed by atoms with Crippen LogP contribution >= 0.6 is 0 Å². The Morgan fingerprint density at radius 3 is 2.32 bits per heavy atom. The number of hydrogen-bond donors (Lipinski definition) is 2. The van der Waals surface area contributed by atoms with Crippen LogP contribution in [-0.2, 0) is 24.3 Å². The molecule has 0 saturated heterocycles. The number of aliphatic hydroxyl groups is 1. The van der Waals surface area contributed by atoms with Gasteiger partial charge in [0, 0.05) is 25.4 Å². The molecule has 0 saturated carbocycles. The first kappa shape index (κ1) is 29.0. The minimum Gasteiger partial charge on any atom is -0.497 e. The van der Waals surface area contributed by atoms with Crippen molar-refractivity contribution in [3.63, 3.8) is 0 Å². The molecular weight excluding hydrogens is 512 g/mol. The van der Waals surface area contributed by atoms with Crippen molar-refractivity contribution < 1.29 is 37.3 Å². The molecule has 1 heterocycles. The van der Waals surface area contributed by atoms with Crippen LogP contribution in [0.4, 0.5) is 0 Å². The molecule has 0 bridgehead atoms. The first-order chi connectivity index (χ1) is 18.3. The first-order valence-corrected chi connectivity index (χ1v) is 13.4. The Morgan fingerprint density at radius 2 is 1.74 bits per heavy atom. The molecular formula is C27H32N2O8S. The van der Waals surface area contributed by atoms with E-state index in [-0.39, 0.29) is 49.4 Å². The molecule has 3 rings (SSSR count). The van der Waals surface area contributed by atoms with Crippen molar-refractivity contribution in [1.29, 1.82) is 0 Å². The van der Waals surface area contributed by atoms with Crippen molar-refractivity contribution in [3.05, 3.63) is 65.9 Å². The van der Waals surface area contributed by atoms with Gasteiger partial charge in [0.05, 0.1) is 38.9 Å². The fourth-order valence-electron chi connectivity index (χ4n) is 3.87. The molecule has 2 N–H and O–H groups in total. The first-order valence-electron chi connectivity index (χ1n) is 11.9. The van der Waals surface area contributed by atoms with Crippen LogP contribution in [-0.4, -0.2) is 77.1 Å². The maximum absolute atomic E-state index is 13.1. The predicted molar refractivity (Wildman–Crippen MR) is 140 cm³/mol. The van der Waals surface area contributed by atoms with Gasteiger partial charge in [-0.1, -0.05) is 18.1 Å². The molecule has 0 spiro atoms. The Balaban J connectivity index is 1.71. The Kier molecular flexibility index (Phi) is 10.6. The quantitative estimate of drug-likeness (QED) is 0.367. The van der Waals surface area contributed by atoms with E-state index in [9.17, 15) is 18.3 Å². The van der Waals surface area contributed by atoms with Gasteiger partial charge in [0.15, 0.2) is 5.76 Å². The lowest BCUT2D eigenvalue weighted by Crippen LogP contribution is -2.38. The number of sulfonamides is 1. The molecule has 38 heavy (non-hydrogen) atoms. The molecule has 10 nitrogen and oxygen atoms in total. The number of nitrogens with zero attached hydrogens (tertiary/aromatic N) is 1. The molecule has 11 heteroatoms. The summed E-state index contributed by atoms with van der Waals surface area (Å²) in [6.07, 6.45) is 6.53. The molecule has 0 aliphatic carbocycles. The van der Waals surface area contributed by atoms with Crippen molar-refractivity contribution in [2.75, 3.05) is 47.1 Å². The van der Waals surface area contributed by atoms with Gasteiger partial charge in [-0.2, -0.15) is 4.31 Å². The number of ether oxygens (including phenoxy) is 4. The molecule has 0 radical (unpaired) electrons. The van der Waals surface area contributed by atoms with Crippen LogP contribution in [0.1, 0.15) is 17.9 Å². The maximum atomic E-state index is 13.1. The van der Waals surface area contributed by atoms with Gasteiger partial charge in [0.2, 0.25) is 16.3 Å². The fourth-order valence-corrected chi connectivity index (χ4v) is 5.28. The molecule has 0 unspecified atom stereocenters. The topological polar surface area (TPSA) is 124 Å². The molecule has 1 aliphatic rings. The SMILES string of the molecule is C#CCNC(=O)C1=C[C@H](c2ccc(OC)cc2)C[C@H](OCCN(CCO)S(=O)(=O)c2ccc(OC)cc2)O1. The van der Waals surface area contributed by atoms with Crippen LogP contribution < -0.4 is 14.8 Å². The molecule has 204 valence electrons. The molecule has 0 aromatic heterocycles. The number of aliphatic hydroxyl groups excluding tert-OH is 1. The van der Waals surface area contributed by atoms with E-state index >= 15 is 0 Å². The monoisotopic (exact) mass is 544 g/mol. The molecule has 2 aromatic rings. The number of hydrogen-bond acceptors (Lipinski definition) is 8. The third kappa shape index (κ3) is 7.49.